The summed E-state index contributed by atoms with van der Waals surface area (Å²) in [5.41, 5.74) is 2.22. The van der Waals surface area contributed by atoms with Gasteiger partial charge in [0, 0.05) is 25.0 Å². The number of rotatable bonds is 6. The third-order valence-electron chi connectivity index (χ3n) is 5.74. The van der Waals surface area contributed by atoms with Crippen LogP contribution >= 0.6 is 23.8 Å². The van der Waals surface area contributed by atoms with Gasteiger partial charge in [0.25, 0.3) is 5.91 Å². The highest BCUT2D eigenvalue weighted by Crippen LogP contribution is 2.33. The summed E-state index contributed by atoms with van der Waals surface area (Å²) in [6, 6.07) is 12.3. The van der Waals surface area contributed by atoms with Crippen molar-refractivity contribution in [1.82, 2.24) is 9.88 Å². The molecule has 1 aliphatic heterocycles. The molecule has 0 spiro atoms. The van der Waals surface area contributed by atoms with Crippen molar-refractivity contribution in [2.75, 3.05) is 18.4 Å². The molecule has 4 rings (SSSR count). The first-order chi connectivity index (χ1) is 16.3. The minimum absolute atomic E-state index is 0.0114. The van der Waals surface area contributed by atoms with Crippen LogP contribution in [0.4, 0.5) is 24.5 Å². The first-order valence-corrected chi connectivity index (χ1v) is 11.4. The number of nitrogens with one attached hydrogen (secondary N) is 2. The fourth-order valence-electron chi connectivity index (χ4n) is 3.98. The summed E-state index contributed by atoms with van der Waals surface area (Å²) in [7, 11) is 0. The van der Waals surface area contributed by atoms with Crippen molar-refractivity contribution < 1.29 is 22.7 Å². The van der Waals surface area contributed by atoms with Gasteiger partial charge in [0.05, 0.1) is 16.3 Å². The van der Waals surface area contributed by atoms with Crippen LogP contribution in [0, 0.1) is 10.5 Å². The van der Waals surface area contributed by atoms with Crippen molar-refractivity contribution in [2.24, 2.45) is 0 Å². The average Bonchev–Trinajstić information content (AvgIpc) is 2.83. The number of carbonyl (C=O) groups excluding carboxylic acids is 1. The maximum absolute atomic E-state index is 13.4. The molecule has 1 amide bonds. The van der Waals surface area contributed by atoms with Crippen molar-refractivity contribution >= 4 is 41.1 Å². The first-order valence-electron chi connectivity index (χ1n) is 10.6. The molecule has 0 aliphatic carbocycles. The minimum atomic E-state index is -2.92. The summed E-state index contributed by atoms with van der Waals surface area (Å²) < 4.78 is 42.6. The van der Waals surface area contributed by atoms with E-state index < -0.39 is 6.61 Å². The van der Waals surface area contributed by atoms with Gasteiger partial charge in [-0.15, -0.1) is 0 Å². The number of likely N-dealkylation sites (tertiary alicyclic amines) is 1. The van der Waals surface area contributed by atoms with E-state index in [1.165, 1.54) is 42.6 Å². The van der Waals surface area contributed by atoms with E-state index in [9.17, 15) is 18.0 Å². The molecule has 2 aromatic carbocycles. The molecular weight excluding hydrogens is 487 g/mol. The Hall–Kier alpha value is -3.04. The first kappa shape index (κ1) is 24.1. The molecule has 1 fully saturated rings. The van der Waals surface area contributed by atoms with E-state index in [1.807, 2.05) is 0 Å². The maximum atomic E-state index is 13.4. The molecule has 5 nitrogen and oxygen atoms in total. The molecule has 1 aliphatic rings. The summed E-state index contributed by atoms with van der Waals surface area (Å²) in [4.78, 5) is 17.9. The summed E-state index contributed by atoms with van der Waals surface area (Å²) in [5, 5.41) is 3.25. The molecule has 2 heterocycles. The monoisotopic (exact) mass is 507 g/mol. The lowest BCUT2D eigenvalue weighted by atomic mass is 9.89. The van der Waals surface area contributed by atoms with Crippen LogP contribution in [-0.4, -0.2) is 35.5 Å². The van der Waals surface area contributed by atoms with Gasteiger partial charge >= 0.3 is 6.61 Å². The van der Waals surface area contributed by atoms with Crippen LogP contribution in [0.5, 0.6) is 5.75 Å². The van der Waals surface area contributed by atoms with Gasteiger partial charge in [-0.3, -0.25) is 4.79 Å². The molecule has 0 unspecified atom stereocenters. The van der Waals surface area contributed by atoms with Crippen molar-refractivity contribution in [3.05, 3.63) is 81.3 Å². The van der Waals surface area contributed by atoms with Crippen LogP contribution in [0.15, 0.2) is 54.7 Å². The molecule has 2 N–H and O–H groups in total. The number of aromatic amines is 1. The number of alkyl halides is 2. The molecule has 1 saturated heterocycles. The number of pyridine rings is 1. The van der Waals surface area contributed by atoms with Gasteiger partial charge in [-0.25, -0.2) is 4.39 Å². The lowest BCUT2D eigenvalue weighted by Gasteiger charge is -2.32. The quantitative estimate of drug-likeness (QED) is 0.356. The van der Waals surface area contributed by atoms with E-state index in [1.54, 1.807) is 17.0 Å². The van der Waals surface area contributed by atoms with Gasteiger partial charge in [0.2, 0.25) is 0 Å². The molecule has 0 bridgehead atoms. The number of hydrogen-bond acceptors (Lipinski definition) is 4. The Kier molecular flexibility index (Phi) is 7.43. The summed E-state index contributed by atoms with van der Waals surface area (Å²) in [6.45, 7) is -1.85. The zero-order chi connectivity index (χ0) is 24.2. The Morgan fingerprint density at radius 2 is 1.76 bits per heavy atom. The van der Waals surface area contributed by atoms with Crippen LogP contribution in [0.3, 0.4) is 0 Å². The number of hydrogen-bond donors (Lipinski definition) is 2. The summed E-state index contributed by atoms with van der Waals surface area (Å²) >= 11 is 11.6. The van der Waals surface area contributed by atoms with Crippen LogP contribution < -0.4 is 10.1 Å². The molecule has 0 atom stereocenters. The largest absolute Gasteiger partial charge is 0.435 e. The fraction of sp³-hybridized carbons (Fsp3) is 0.250. The third-order valence-corrected chi connectivity index (χ3v) is 6.55. The number of halogens is 4. The zero-order valence-corrected chi connectivity index (χ0v) is 19.4. The van der Waals surface area contributed by atoms with Crippen molar-refractivity contribution in [1.29, 1.82) is 0 Å². The van der Waals surface area contributed by atoms with E-state index in [0.717, 1.165) is 18.4 Å². The summed E-state index contributed by atoms with van der Waals surface area (Å²) in [5.74, 6) is -0.226. The topological polar surface area (TPSA) is 57.4 Å². The van der Waals surface area contributed by atoms with Gasteiger partial charge in [-0.1, -0.05) is 36.0 Å². The molecule has 10 heteroatoms. The number of carbonyl (C=O) groups is 1. The zero-order valence-electron chi connectivity index (χ0n) is 17.9. The Labute approximate surface area is 204 Å². The lowest BCUT2D eigenvalue weighted by molar-refractivity contribution is -0.0498. The third kappa shape index (κ3) is 5.53. The Bertz CT molecular complexity index is 1210. The highest BCUT2D eigenvalue weighted by Gasteiger charge is 2.27. The van der Waals surface area contributed by atoms with E-state index in [-0.39, 0.29) is 33.1 Å². The van der Waals surface area contributed by atoms with Crippen LogP contribution in [-0.2, 0) is 0 Å². The highest BCUT2D eigenvalue weighted by molar-refractivity contribution is 7.71. The second-order valence-corrected chi connectivity index (χ2v) is 8.65. The van der Waals surface area contributed by atoms with Gasteiger partial charge in [0.15, 0.2) is 0 Å². The number of anilines is 2. The molecular formula is C24H21ClF3N3O2S. The number of piperidine rings is 1. The van der Waals surface area contributed by atoms with E-state index in [4.69, 9.17) is 23.8 Å². The SMILES string of the molecule is O=C(c1c[nH]c(=S)c(Cl)c1Nc1ccc(OC(F)F)cc1)N1CCC(c2ccc(F)cc2)CC1. The van der Waals surface area contributed by atoms with Gasteiger partial charge < -0.3 is 19.9 Å². The van der Waals surface area contributed by atoms with Crippen LogP contribution in [0.25, 0.3) is 0 Å². The predicted octanol–water partition coefficient (Wildman–Crippen LogP) is 6.90. The second kappa shape index (κ2) is 10.5. The number of amides is 1. The van der Waals surface area contributed by atoms with E-state index >= 15 is 0 Å². The molecule has 3 aromatic rings. The van der Waals surface area contributed by atoms with Crippen molar-refractivity contribution in [2.45, 2.75) is 25.4 Å². The standard InChI is InChI=1S/C24H21ClF3N3O2S/c25-20-21(30-17-5-7-18(8-6-17)33-24(27)28)19(13-29-22(20)34)23(32)31-11-9-15(10-12-31)14-1-3-16(26)4-2-14/h1-8,13,15,24H,9-12H2,(H2,29,30,34). The van der Waals surface area contributed by atoms with Gasteiger partial charge in [-0.05, 0) is 60.7 Å². The number of aromatic nitrogens is 1. The van der Waals surface area contributed by atoms with Crippen molar-refractivity contribution in [3.63, 3.8) is 0 Å². The Morgan fingerprint density at radius 1 is 1.12 bits per heavy atom. The number of benzene rings is 2. The Balaban J connectivity index is 1.50. The molecule has 0 saturated carbocycles. The highest BCUT2D eigenvalue weighted by atomic mass is 35.5. The predicted molar refractivity (Wildman–Crippen MR) is 127 cm³/mol. The number of ether oxygens (including phenoxy) is 1. The fourth-order valence-corrected chi connectivity index (χ4v) is 4.35. The van der Waals surface area contributed by atoms with Gasteiger partial charge in [0.1, 0.15) is 16.2 Å². The number of nitrogens with zero attached hydrogens (tertiary/aromatic N) is 1. The maximum Gasteiger partial charge on any atom is 0.387 e. The average molecular weight is 508 g/mol. The second-order valence-electron chi connectivity index (χ2n) is 7.87. The minimum Gasteiger partial charge on any atom is -0.435 e. The molecule has 1 aromatic heterocycles. The normalized spacial score (nSPS) is 14.3. The number of H-pyrrole nitrogens is 1. The Morgan fingerprint density at radius 3 is 2.38 bits per heavy atom. The van der Waals surface area contributed by atoms with E-state index in [0.29, 0.717) is 30.0 Å². The molecule has 34 heavy (non-hydrogen) atoms. The van der Waals surface area contributed by atoms with E-state index in [2.05, 4.69) is 15.0 Å². The van der Waals surface area contributed by atoms with Crippen LogP contribution in [0.2, 0.25) is 5.02 Å². The summed E-state index contributed by atoms with van der Waals surface area (Å²) in [6.07, 6.45) is 3.02. The molecule has 0 radical (unpaired) electrons. The van der Waals surface area contributed by atoms with Crippen LogP contribution in [0.1, 0.15) is 34.7 Å². The van der Waals surface area contributed by atoms with Gasteiger partial charge in [-0.2, -0.15) is 8.78 Å². The van der Waals surface area contributed by atoms with Crippen molar-refractivity contribution in [3.8, 4) is 5.75 Å². The molecule has 178 valence electrons. The smallest absolute Gasteiger partial charge is 0.387 e. The lowest BCUT2D eigenvalue weighted by Crippen LogP contribution is -2.38.